The van der Waals surface area contributed by atoms with Gasteiger partial charge in [-0.25, -0.2) is 4.39 Å². The maximum atomic E-state index is 13.3. The van der Waals surface area contributed by atoms with E-state index in [2.05, 4.69) is 21.4 Å². The third-order valence-corrected chi connectivity index (χ3v) is 4.61. The molecule has 112 valence electrons. The summed E-state index contributed by atoms with van der Waals surface area (Å²) in [6, 6.07) is 4.96. The predicted molar refractivity (Wildman–Crippen MR) is 78.7 cm³/mol. The van der Waals surface area contributed by atoms with Crippen LogP contribution in [-0.2, 0) is 15.9 Å². The van der Waals surface area contributed by atoms with E-state index in [0.29, 0.717) is 24.1 Å². The molecule has 0 saturated carbocycles. The molecule has 1 unspecified atom stereocenters. The van der Waals surface area contributed by atoms with Crippen LogP contribution in [0.1, 0.15) is 18.4 Å². The van der Waals surface area contributed by atoms with Crippen LogP contribution in [0.2, 0.25) is 0 Å². The van der Waals surface area contributed by atoms with Gasteiger partial charge in [-0.2, -0.15) is 0 Å². The average molecular weight is 347 g/mol. The quantitative estimate of drug-likeness (QED) is 0.633. The molecule has 0 bridgehead atoms. The number of methoxy groups -OCH3 is 1. The minimum atomic E-state index is -0.339. The van der Waals surface area contributed by atoms with E-state index < -0.39 is 0 Å². The van der Waals surface area contributed by atoms with Crippen LogP contribution >= 0.6 is 15.9 Å². The van der Waals surface area contributed by atoms with Crippen molar-refractivity contribution in [2.75, 3.05) is 20.3 Å². The molecule has 20 heavy (non-hydrogen) atoms. The zero-order chi connectivity index (χ0) is 14.6. The summed E-state index contributed by atoms with van der Waals surface area (Å²) in [7, 11) is 1.70. The van der Waals surface area contributed by atoms with Gasteiger partial charge in [0, 0.05) is 33.2 Å². The van der Waals surface area contributed by atoms with Crippen LogP contribution < -0.4 is 11.3 Å². The first-order valence-electron chi connectivity index (χ1n) is 6.64. The van der Waals surface area contributed by atoms with Gasteiger partial charge in [-0.3, -0.25) is 11.3 Å². The number of hydrazine groups is 1. The largest absolute Gasteiger partial charge is 0.381 e. The second-order valence-electron chi connectivity index (χ2n) is 5.05. The molecule has 1 aliphatic heterocycles. The smallest absolute Gasteiger partial charge is 0.137 e. The summed E-state index contributed by atoms with van der Waals surface area (Å²) in [6.07, 6.45) is 2.25. The van der Waals surface area contributed by atoms with Crippen LogP contribution in [0.4, 0.5) is 4.39 Å². The van der Waals surface area contributed by atoms with Gasteiger partial charge in [-0.05, 0) is 40.0 Å². The molecule has 1 heterocycles. The predicted octanol–water partition coefficient (Wildman–Crippen LogP) is 2.16. The van der Waals surface area contributed by atoms with Crippen molar-refractivity contribution >= 4 is 15.9 Å². The molecule has 1 saturated heterocycles. The standard InChI is InChI=1S/C14H20BrFN2O2/c1-19-14(4-6-20-7-5-14)13(18-17)9-10-2-3-12(16)11(15)8-10/h2-3,8,13,18H,4-7,9,17H2,1H3. The molecular formula is C14H20BrFN2O2. The molecule has 1 aromatic rings. The molecule has 4 nitrogen and oxygen atoms in total. The van der Waals surface area contributed by atoms with E-state index in [1.54, 1.807) is 19.2 Å². The molecule has 0 spiro atoms. The number of ether oxygens (including phenoxy) is 2. The fourth-order valence-electron chi connectivity index (χ4n) is 2.71. The molecule has 1 aliphatic rings. The van der Waals surface area contributed by atoms with E-state index in [0.717, 1.165) is 18.4 Å². The summed E-state index contributed by atoms with van der Waals surface area (Å²) in [6.45, 7) is 1.33. The first kappa shape index (κ1) is 15.9. The van der Waals surface area contributed by atoms with Gasteiger partial charge in [0.2, 0.25) is 0 Å². The van der Waals surface area contributed by atoms with Gasteiger partial charge in [-0.15, -0.1) is 0 Å². The van der Waals surface area contributed by atoms with Crippen LogP contribution in [0, 0.1) is 5.82 Å². The van der Waals surface area contributed by atoms with Crippen LogP contribution in [0.25, 0.3) is 0 Å². The third kappa shape index (κ3) is 3.38. The minimum absolute atomic E-state index is 0.0474. The lowest BCUT2D eigenvalue weighted by Crippen LogP contribution is -2.58. The molecule has 1 fully saturated rings. The maximum absolute atomic E-state index is 13.3. The number of halogens is 2. The van der Waals surface area contributed by atoms with E-state index in [-0.39, 0.29) is 17.5 Å². The van der Waals surface area contributed by atoms with Gasteiger partial charge >= 0.3 is 0 Å². The number of benzene rings is 1. The summed E-state index contributed by atoms with van der Waals surface area (Å²) in [4.78, 5) is 0. The van der Waals surface area contributed by atoms with Crippen molar-refractivity contribution in [3.05, 3.63) is 34.1 Å². The molecule has 6 heteroatoms. The lowest BCUT2D eigenvalue weighted by molar-refractivity contribution is -0.110. The molecule has 3 N–H and O–H groups in total. The summed E-state index contributed by atoms with van der Waals surface area (Å²) in [5.41, 5.74) is 3.52. The van der Waals surface area contributed by atoms with Crippen LogP contribution in [-0.4, -0.2) is 32.0 Å². The van der Waals surface area contributed by atoms with Gasteiger partial charge in [0.25, 0.3) is 0 Å². The Bertz CT molecular complexity index is 453. The zero-order valence-electron chi connectivity index (χ0n) is 11.5. The number of rotatable bonds is 5. The van der Waals surface area contributed by atoms with E-state index in [1.807, 2.05) is 0 Å². The van der Waals surface area contributed by atoms with Crippen molar-refractivity contribution in [3.63, 3.8) is 0 Å². The van der Waals surface area contributed by atoms with E-state index in [4.69, 9.17) is 15.3 Å². The summed E-state index contributed by atoms with van der Waals surface area (Å²) in [5, 5.41) is 0. The van der Waals surface area contributed by atoms with Crippen LogP contribution in [0.5, 0.6) is 0 Å². The number of nitrogens with two attached hydrogens (primary N) is 1. The van der Waals surface area contributed by atoms with E-state index >= 15 is 0 Å². The van der Waals surface area contributed by atoms with Gasteiger partial charge in [0.1, 0.15) is 5.82 Å². The fourth-order valence-corrected chi connectivity index (χ4v) is 3.14. The normalized spacial score (nSPS) is 19.8. The maximum Gasteiger partial charge on any atom is 0.137 e. The molecule has 2 rings (SSSR count). The lowest BCUT2D eigenvalue weighted by Gasteiger charge is -2.42. The van der Waals surface area contributed by atoms with Crippen molar-refractivity contribution in [1.29, 1.82) is 0 Å². The first-order chi connectivity index (χ1) is 9.61. The number of hydrogen-bond acceptors (Lipinski definition) is 4. The van der Waals surface area contributed by atoms with Gasteiger partial charge < -0.3 is 9.47 Å². The van der Waals surface area contributed by atoms with Gasteiger partial charge in [0.05, 0.1) is 16.1 Å². The molecule has 1 atom stereocenters. The fraction of sp³-hybridized carbons (Fsp3) is 0.571. The van der Waals surface area contributed by atoms with Crippen LogP contribution in [0.3, 0.4) is 0 Å². The summed E-state index contributed by atoms with van der Waals surface area (Å²) < 4.78 is 24.9. The van der Waals surface area contributed by atoms with Crippen LogP contribution in [0.15, 0.2) is 22.7 Å². The molecule has 0 aromatic heterocycles. The van der Waals surface area contributed by atoms with Crippen molar-refractivity contribution < 1.29 is 13.9 Å². The second-order valence-corrected chi connectivity index (χ2v) is 5.91. The molecule has 0 aliphatic carbocycles. The molecule has 0 radical (unpaired) electrons. The van der Waals surface area contributed by atoms with E-state index in [1.165, 1.54) is 6.07 Å². The van der Waals surface area contributed by atoms with Crippen molar-refractivity contribution in [2.24, 2.45) is 5.84 Å². The van der Waals surface area contributed by atoms with Gasteiger partial charge in [-0.1, -0.05) is 6.07 Å². The summed E-state index contributed by atoms with van der Waals surface area (Å²) >= 11 is 3.21. The second kappa shape index (κ2) is 6.95. The Labute approximate surface area is 126 Å². The Morgan fingerprint density at radius 3 is 2.75 bits per heavy atom. The van der Waals surface area contributed by atoms with Crippen molar-refractivity contribution in [2.45, 2.75) is 30.9 Å². The highest BCUT2D eigenvalue weighted by atomic mass is 79.9. The Kier molecular flexibility index (Phi) is 5.51. The summed E-state index contributed by atoms with van der Waals surface area (Å²) in [5.74, 6) is 5.46. The van der Waals surface area contributed by atoms with Crippen molar-refractivity contribution in [3.8, 4) is 0 Å². The molecule has 0 amide bonds. The monoisotopic (exact) mass is 346 g/mol. The van der Waals surface area contributed by atoms with Crippen molar-refractivity contribution in [1.82, 2.24) is 5.43 Å². The van der Waals surface area contributed by atoms with Gasteiger partial charge in [0.15, 0.2) is 0 Å². The lowest BCUT2D eigenvalue weighted by atomic mass is 9.83. The Morgan fingerprint density at radius 1 is 1.50 bits per heavy atom. The minimum Gasteiger partial charge on any atom is -0.381 e. The molecular weight excluding hydrogens is 327 g/mol. The number of hydrogen-bond donors (Lipinski definition) is 2. The number of nitrogens with one attached hydrogen (secondary N) is 1. The Hall–Kier alpha value is -0.530. The first-order valence-corrected chi connectivity index (χ1v) is 7.43. The Balaban J connectivity index is 2.16. The highest BCUT2D eigenvalue weighted by molar-refractivity contribution is 9.10. The van der Waals surface area contributed by atoms with E-state index in [9.17, 15) is 4.39 Å². The third-order valence-electron chi connectivity index (χ3n) is 4.01. The SMILES string of the molecule is COC1(C(Cc2ccc(F)c(Br)c2)NN)CCOCC1. The average Bonchev–Trinajstić information content (AvgIpc) is 2.49. The highest BCUT2D eigenvalue weighted by Gasteiger charge is 2.40. The highest BCUT2D eigenvalue weighted by Crippen LogP contribution is 2.30. The Morgan fingerprint density at radius 2 is 2.20 bits per heavy atom. The topological polar surface area (TPSA) is 56.5 Å². The molecule has 1 aromatic carbocycles. The zero-order valence-corrected chi connectivity index (χ0v) is 13.1.